The van der Waals surface area contributed by atoms with Gasteiger partial charge in [0.1, 0.15) is 0 Å². The Balaban J connectivity index is 2.67. The van der Waals surface area contributed by atoms with E-state index in [1.807, 2.05) is 13.0 Å². The van der Waals surface area contributed by atoms with Crippen LogP contribution in [0.5, 0.6) is 17.2 Å². The van der Waals surface area contributed by atoms with Crippen molar-refractivity contribution in [3.63, 3.8) is 0 Å². The zero-order valence-corrected chi connectivity index (χ0v) is 13.3. The molecule has 1 atom stereocenters. The van der Waals surface area contributed by atoms with Crippen LogP contribution >= 0.6 is 15.9 Å². The van der Waals surface area contributed by atoms with Crippen LogP contribution in [-0.4, -0.2) is 27.4 Å². The van der Waals surface area contributed by atoms with Gasteiger partial charge in [-0.2, -0.15) is 0 Å². The molecule has 0 aliphatic heterocycles. The first kappa shape index (κ1) is 14.5. The van der Waals surface area contributed by atoms with E-state index >= 15 is 0 Å². The van der Waals surface area contributed by atoms with Gasteiger partial charge < -0.3 is 19.9 Å². The van der Waals surface area contributed by atoms with E-state index in [-0.39, 0.29) is 11.5 Å². The molecule has 0 radical (unpaired) electrons. The average molecular weight is 330 g/mol. The number of hydrogen-bond donors (Lipinski definition) is 1. The molecule has 2 N–H and O–H groups in total. The molecule has 0 bridgehead atoms. The standard InChI is InChI=1S/C14H20BrNO3/c1-8(16)14(5-6-14)11-9(15)7-10(17-2)12(18-3)13(11)19-4/h7-8H,5-6,16H2,1-4H3. The Morgan fingerprint density at radius 3 is 2.11 bits per heavy atom. The Bertz CT molecular complexity index is 484. The van der Waals surface area contributed by atoms with Crippen molar-refractivity contribution in [1.29, 1.82) is 0 Å². The quantitative estimate of drug-likeness (QED) is 0.902. The third kappa shape index (κ3) is 2.19. The first-order valence-electron chi connectivity index (χ1n) is 6.26. The van der Waals surface area contributed by atoms with Crippen molar-refractivity contribution in [2.24, 2.45) is 5.73 Å². The molecule has 1 aromatic rings. The van der Waals surface area contributed by atoms with Crippen LogP contribution in [0.2, 0.25) is 0 Å². The van der Waals surface area contributed by atoms with Crippen molar-refractivity contribution < 1.29 is 14.2 Å². The molecule has 0 amide bonds. The third-order valence-electron chi connectivity index (χ3n) is 3.94. The Hall–Kier alpha value is -0.940. The second-order valence-corrected chi connectivity index (χ2v) is 5.80. The van der Waals surface area contributed by atoms with E-state index in [2.05, 4.69) is 15.9 Å². The molecule has 1 aliphatic rings. The van der Waals surface area contributed by atoms with Crippen LogP contribution in [0, 0.1) is 0 Å². The molecule has 1 fully saturated rings. The smallest absolute Gasteiger partial charge is 0.203 e. The minimum atomic E-state index is -0.0241. The highest BCUT2D eigenvalue weighted by molar-refractivity contribution is 9.10. The SMILES string of the molecule is COc1cc(Br)c(C2(C(C)N)CC2)c(OC)c1OC. The van der Waals surface area contributed by atoms with Crippen molar-refractivity contribution in [2.75, 3.05) is 21.3 Å². The van der Waals surface area contributed by atoms with E-state index in [1.165, 1.54) is 0 Å². The van der Waals surface area contributed by atoms with Crippen molar-refractivity contribution in [3.8, 4) is 17.2 Å². The summed E-state index contributed by atoms with van der Waals surface area (Å²) in [6.07, 6.45) is 2.13. The van der Waals surface area contributed by atoms with E-state index in [9.17, 15) is 0 Å². The van der Waals surface area contributed by atoms with Gasteiger partial charge in [-0.25, -0.2) is 0 Å². The second kappa shape index (κ2) is 5.21. The molecule has 1 saturated carbocycles. The first-order valence-corrected chi connectivity index (χ1v) is 7.05. The topological polar surface area (TPSA) is 53.7 Å². The highest BCUT2D eigenvalue weighted by atomic mass is 79.9. The molecular weight excluding hydrogens is 310 g/mol. The van der Waals surface area contributed by atoms with Gasteiger partial charge in [-0.3, -0.25) is 0 Å². The van der Waals surface area contributed by atoms with Gasteiger partial charge in [-0.15, -0.1) is 0 Å². The Kier molecular flexibility index (Phi) is 3.97. The summed E-state index contributed by atoms with van der Waals surface area (Å²) in [6.45, 7) is 2.04. The zero-order valence-electron chi connectivity index (χ0n) is 11.7. The summed E-state index contributed by atoms with van der Waals surface area (Å²) in [6, 6.07) is 1.98. The van der Waals surface area contributed by atoms with Crippen LogP contribution in [0.3, 0.4) is 0 Å². The van der Waals surface area contributed by atoms with Gasteiger partial charge in [0.05, 0.1) is 21.3 Å². The average Bonchev–Trinajstić information content (AvgIpc) is 3.18. The van der Waals surface area contributed by atoms with Crippen molar-refractivity contribution >= 4 is 15.9 Å². The lowest BCUT2D eigenvalue weighted by Gasteiger charge is -2.26. The van der Waals surface area contributed by atoms with Gasteiger partial charge in [0, 0.05) is 21.5 Å². The molecule has 1 aromatic carbocycles. The molecular formula is C14H20BrNO3. The molecule has 0 heterocycles. The van der Waals surface area contributed by atoms with Crippen LogP contribution in [0.1, 0.15) is 25.3 Å². The molecule has 0 saturated heterocycles. The Morgan fingerprint density at radius 1 is 1.16 bits per heavy atom. The van der Waals surface area contributed by atoms with E-state index in [1.54, 1.807) is 21.3 Å². The molecule has 1 aliphatic carbocycles. The van der Waals surface area contributed by atoms with Crippen molar-refractivity contribution in [2.45, 2.75) is 31.2 Å². The van der Waals surface area contributed by atoms with E-state index < -0.39 is 0 Å². The van der Waals surface area contributed by atoms with Gasteiger partial charge >= 0.3 is 0 Å². The first-order chi connectivity index (χ1) is 9.01. The van der Waals surface area contributed by atoms with Gasteiger partial charge in [-0.1, -0.05) is 15.9 Å². The lowest BCUT2D eigenvalue weighted by Crippen LogP contribution is -2.32. The fourth-order valence-corrected chi connectivity index (χ4v) is 3.44. The summed E-state index contributed by atoms with van der Waals surface area (Å²) < 4.78 is 17.3. The fraction of sp³-hybridized carbons (Fsp3) is 0.571. The molecule has 19 heavy (non-hydrogen) atoms. The Labute approximate surface area is 122 Å². The number of nitrogens with two attached hydrogens (primary N) is 1. The van der Waals surface area contributed by atoms with Crippen LogP contribution in [0.15, 0.2) is 10.5 Å². The monoisotopic (exact) mass is 329 g/mol. The number of hydrogen-bond acceptors (Lipinski definition) is 4. The molecule has 2 rings (SSSR count). The minimum Gasteiger partial charge on any atom is -0.493 e. The third-order valence-corrected chi connectivity index (χ3v) is 4.57. The number of benzene rings is 1. The predicted molar refractivity (Wildman–Crippen MR) is 78.4 cm³/mol. The van der Waals surface area contributed by atoms with Crippen molar-refractivity contribution in [1.82, 2.24) is 0 Å². The Morgan fingerprint density at radius 2 is 1.74 bits per heavy atom. The van der Waals surface area contributed by atoms with Crippen LogP contribution in [0.25, 0.3) is 0 Å². The summed E-state index contributed by atoms with van der Waals surface area (Å²) in [5, 5.41) is 0. The highest BCUT2D eigenvalue weighted by Gasteiger charge is 2.51. The zero-order chi connectivity index (χ0) is 14.2. The summed E-state index contributed by atoms with van der Waals surface area (Å²) in [4.78, 5) is 0. The van der Waals surface area contributed by atoms with Gasteiger partial charge in [0.2, 0.25) is 5.75 Å². The van der Waals surface area contributed by atoms with Gasteiger partial charge in [-0.05, 0) is 25.8 Å². The normalized spacial score (nSPS) is 17.8. The summed E-state index contributed by atoms with van der Waals surface area (Å²) >= 11 is 3.62. The number of rotatable bonds is 5. The summed E-state index contributed by atoms with van der Waals surface area (Å²) in [7, 11) is 4.87. The number of methoxy groups -OCH3 is 3. The largest absolute Gasteiger partial charge is 0.493 e. The van der Waals surface area contributed by atoms with Crippen LogP contribution in [-0.2, 0) is 5.41 Å². The second-order valence-electron chi connectivity index (χ2n) is 4.95. The summed E-state index contributed by atoms with van der Waals surface area (Å²) in [5.41, 5.74) is 7.23. The van der Waals surface area contributed by atoms with Gasteiger partial charge in [0.25, 0.3) is 0 Å². The molecule has 4 nitrogen and oxygen atoms in total. The lowest BCUT2D eigenvalue weighted by atomic mass is 9.88. The lowest BCUT2D eigenvalue weighted by molar-refractivity contribution is 0.318. The van der Waals surface area contributed by atoms with Crippen LogP contribution in [0.4, 0.5) is 0 Å². The van der Waals surface area contributed by atoms with E-state index in [0.29, 0.717) is 17.2 Å². The molecule has 1 unspecified atom stereocenters. The summed E-state index contributed by atoms with van der Waals surface area (Å²) in [5.74, 6) is 1.98. The molecule has 0 aromatic heterocycles. The number of halogens is 1. The van der Waals surface area contributed by atoms with Crippen molar-refractivity contribution in [3.05, 3.63) is 16.1 Å². The van der Waals surface area contributed by atoms with E-state index in [4.69, 9.17) is 19.9 Å². The van der Waals surface area contributed by atoms with E-state index in [0.717, 1.165) is 22.9 Å². The van der Waals surface area contributed by atoms with Gasteiger partial charge in [0.15, 0.2) is 11.5 Å². The maximum Gasteiger partial charge on any atom is 0.203 e. The minimum absolute atomic E-state index is 0.0241. The molecule has 0 spiro atoms. The molecule has 5 heteroatoms. The predicted octanol–water partition coefficient (Wildman–Crippen LogP) is 2.85. The number of ether oxygens (including phenoxy) is 3. The van der Waals surface area contributed by atoms with Crippen LogP contribution < -0.4 is 19.9 Å². The maximum absolute atomic E-state index is 6.17. The maximum atomic E-state index is 6.17. The fourth-order valence-electron chi connectivity index (χ4n) is 2.66. The highest BCUT2D eigenvalue weighted by Crippen LogP contribution is 2.59. The molecule has 106 valence electrons.